The molecule has 0 heterocycles. The maximum Gasteiger partial charge on any atom is 0.416 e. The highest BCUT2D eigenvalue weighted by Gasteiger charge is 2.34. The van der Waals surface area contributed by atoms with Crippen LogP contribution in [0.1, 0.15) is 22.7 Å². The van der Waals surface area contributed by atoms with Crippen molar-refractivity contribution < 1.29 is 13.2 Å². The van der Waals surface area contributed by atoms with Crippen LogP contribution in [0, 0.1) is 0 Å². The Morgan fingerprint density at radius 3 is 2.30 bits per heavy atom. The minimum Gasteiger partial charge on any atom is -0.324 e. The van der Waals surface area contributed by atoms with Crippen LogP contribution in [0.25, 0.3) is 0 Å². The van der Waals surface area contributed by atoms with Crippen LogP contribution in [0.4, 0.5) is 13.2 Å². The fourth-order valence-corrected chi connectivity index (χ4v) is 2.44. The van der Waals surface area contributed by atoms with Gasteiger partial charge in [-0.15, -0.1) is 0 Å². The molecule has 2 N–H and O–H groups in total. The van der Waals surface area contributed by atoms with Gasteiger partial charge in [0.2, 0.25) is 0 Å². The van der Waals surface area contributed by atoms with Gasteiger partial charge < -0.3 is 5.73 Å². The molecule has 20 heavy (non-hydrogen) atoms. The molecule has 1 nitrogen and oxygen atoms in total. The molecule has 0 aliphatic carbocycles. The van der Waals surface area contributed by atoms with Crippen LogP contribution in [0.15, 0.2) is 53.0 Å². The van der Waals surface area contributed by atoms with Crippen LogP contribution >= 0.6 is 15.9 Å². The molecular formula is C15H13BrF3N. The summed E-state index contributed by atoms with van der Waals surface area (Å²) in [7, 11) is 0. The Bertz CT molecular complexity index is 581. The number of hydrogen-bond acceptors (Lipinski definition) is 1. The standard InChI is InChI=1S/C15H13BrF3N/c16-11-6-7-12(13(9-11)15(17,18)19)14(20)8-10-4-2-1-3-5-10/h1-7,9,14H,8,20H2. The highest BCUT2D eigenvalue weighted by atomic mass is 79.9. The minimum atomic E-state index is -4.41. The van der Waals surface area contributed by atoms with Gasteiger partial charge in [0.15, 0.2) is 0 Å². The summed E-state index contributed by atoms with van der Waals surface area (Å²) < 4.78 is 39.5. The van der Waals surface area contributed by atoms with E-state index in [0.717, 1.165) is 11.6 Å². The zero-order valence-electron chi connectivity index (χ0n) is 10.5. The van der Waals surface area contributed by atoms with E-state index < -0.39 is 17.8 Å². The first-order valence-corrected chi connectivity index (χ1v) is 6.83. The van der Waals surface area contributed by atoms with Crippen LogP contribution in [0.5, 0.6) is 0 Å². The molecule has 5 heteroatoms. The summed E-state index contributed by atoms with van der Waals surface area (Å²) in [4.78, 5) is 0. The molecule has 0 spiro atoms. The Kier molecular flexibility index (Phi) is 4.50. The molecular weight excluding hydrogens is 331 g/mol. The van der Waals surface area contributed by atoms with Gasteiger partial charge in [-0.3, -0.25) is 0 Å². The first kappa shape index (κ1) is 15.1. The number of alkyl halides is 3. The second-order valence-electron chi connectivity index (χ2n) is 4.53. The van der Waals surface area contributed by atoms with Crippen molar-refractivity contribution in [3.63, 3.8) is 0 Å². The maximum absolute atomic E-state index is 13.1. The molecule has 0 fully saturated rings. The Balaban J connectivity index is 2.32. The molecule has 0 aromatic heterocycles. The fourth-order valence-electron chi connectivity index (χ4n) is 2.08. The van der Waals surface area contributed by atoms with Crippen molar-refractivity contribution in [1.82, 2.24) is 0 Å². The number of benzene rings is 2. The average Bonchev–Trinajstić information content (AvgIpc) is 2.38. The van der Waals surface area contributed by atoms with Crippen molar-refractivity contribution in [2.75, 3.05) is 0 Å². The van der Waals surface area contributed by atoms with Gasteiger partial charge in [0.1, 0.15) is 0 Å². The molecule has 0 saturated carbocycles. The van der Waals surface area contributed by atoms with Crippen LogP contribution in [0.3, 0.4) is 0 Å². The lowest BCUT2D eigenvalue weighted by Crippen LogP contribution is -2.19. The van der Waals surface area contributed by atoms with E-state index in [4.69, 9.17) is 5.73 Å². The smallest absolute Gasteiger partial charge is 0.324 e. The second kappa shape index (κ2) is 5.97. The molecule has 0 saturated heterocycles. The summed E-state index contributed by atoms with van der Waals surface area (Å²) in [5.74, 6) is 0. The third-order valence-electron chi connectivity index (χ3n) is 3.02. The second-order valence-corrected chi connectivity index (χ2v) is 5.44. The van der Waals surface area contributed by atoms with Crippen molar-refractivity contribution in [3.8, 4) is 0 Å². The summed E-state index contributed by atoms with van der Waals surface area (Å²) in [5, 5.41) is 0. The van der Waals surface area contributed by atoms with Gasteiger partial charge in [-0.05, 0) is 29.7 Å². The number of hydrogen-bond donors (Lipinski definition) is 1. The van der Waals surface area contributed by atoms with E-state index in [9.17, 15) is 13.2 Å². The van der Waals surface area contributed by atoms with Crippen LogP contribution < -0.4 is 5.73 Å². The number of nitrogens with two attached hydrogens (primary N) is 1. The predicted molar refractivity (Wildman–Crippen MR) is 76.2 cm³/mol. The Hall–Kier alpha value is -1.33. The zero-order valence-corrected chi connectivity index (χ0v) is 12.1. The van der Waals surface area contributed by atoms with E-state index in [1.165, 1.54) is 6.07 Å². The molecule has 1 atom stereocenters. The van der Waals surface area contributed by atoms with E-state index in [1.807, 2.05) is 30.3 Å². The Morgan fingerprint density at radius 2 is 1.70 bits per heavy atom. The molecule has 106 valence electrons. The van der Waals surface area contributed by atoms with Gasteiger partial charge in [-0.2, -0.15) is 13.2 Å². The first-order chi connectivity index (χ1) is 9.38. The molecule has 0 amide bonds. The molecule has 2 aromatic carbocycles. The number of halogens is 4. The lowest BCUT2D eigenvalue weighted by Gasteiger charge is -2.19. The van der Waals surface area contributed by atoms with Crippen molar-refractivity contribution in [3.05, 3.63) is 69.7 Å². The molecule has 0 bridgehead atoms. The van der Waals surface area contributed by atoms with Crippen LogP contribution in [-0.2, 0) is 12.6 Å². The van der Waals surface area contributed by atoms with Gasteiger partial charge in [0.25, 0.3) is 0 Å². The summed E-state index contributed by atoms with van der Waals surface area (Å²) in [6, 6.07) is 12.6. The molecule has 0 aliphatic heterocycles. The summed E-state index contributed by atoms with van der Waals surface area (Å²) >= 11 is 3.06. The molecule has 2 rings (SSSR count). The van der Waals surface area contributed by atoms with E-state index in [2.05, 4.69) is 15.9 Å². The lowest BCUT2D eigenvalue weighted by atomic mass is 9.95. The fraction of sp³-hybridized carbons (Fsp3) is 0.200. The van der Waals surface area contributed by atoms with Crippen molar-refractivity contribution in [2.45, 2.75) is 18.6 Å². The van der Waals surface area contributed by atoms with E-state index in [0.29, 0.717) is 10.9 Å². The van der Waals surface area contributed by atoms with Gasteiger partial charge in [-0.25, -0.2) is 0 Å². The third kappa shape index (κ3) is 3.61. The van der Waals surface area contributed by atoms with Crippen molar-refractivity contribution in [2.24, 2.45) is 5.73 Å². The van der Waals surface area contributed by atoms with Gasteiger partial charge in [0.05, 0.1) is 5.56 Å². The average molecular weight is 344 g/mol. The van der Waals surface area contributed by atoms with Gasteiger partial charge >= 0.3 is 6.18 Å². The van der Waals surface area contributed by atoms with Gasteiger partial charge in [0, 0.05) is 10.5 Å². The van der Waals surface area contributed by atoms with E-state index in [-0.39, 0.29) is 5.56 Å². The molecule has 0 radical (unpaired) electrons. The predicted octanol–water partition coefficient (Wildman–Crippen LogP) is 4.71. The summed E-state index contributed by atoms with van der Waals surface area (Å²) in [5.41, 5.74) is 6.30. The largest absolute Gasteiger partial charge is 0.416 e. The Labute approximate surface area is 123 Å². The monoisotopic (exact) mass is 343 g/mol. The maximum atomic E-state index is 13.1. The lowest BCUT2D eigenvalue weighted by molar-refractivity contribution is -0.138. The molecule has 2 aromatic rings. The summed E-state index contributed by atoms with van der Waals surface area (Å²) in [6.45, 7) is 0. The van der Waals surface area contributed by atoms with Gasteiger partial charge in [-0.1, -0.05) is 52.3 Å². The highest BCUT2D eigenvalue weighted by Crippen LogP contribution is 2.36. The quantitative estimate of drug-likeness (QED) is 0.857. The Morgan fingerprint density at radius 1 is 1.05 bits per heavy atom. The zero-order chi connectivity index (χ0) is 14.8. The van der Waals surface area contributed by atoms with Crippen molar-refractivity contribution >= 4 is 15.9 Å². The van der Waals surface area contributed by atoms with Crippen LogP contribution in [-0.4, -0.2) is 0 Å². The number of rotatable bonds is 3. The third-order valence-corrected chi connectivity index (χ3v) is 3.51. The van der Waals surface area contributed by atoms with E-state index in [1.54, 1.807) is 6.07 Å². The van der Waals surface area contributed by atoms with Crippen LogP contribution in [0.2, 0.25) is 0 Å². The topological polar surface area (TPSA) is 26.0 Å². The van der Waals surface area contributed by atoms with Crippen molar-refractivity contribution in [1.29, 1.82) is 0 Å². The molecule has 0 aliphatic rings. The highest BCUT2D eigenvalue weighted by molar-refractivity contribution is 9.10. The molecule has 1 unspecified atom stereocenters. The normalized spacial score (nSPS) is 13.2. The first-order valence-electron chi connectivity index (χ1n) is 6.04. The SMILES string of the molecule is NC(Cc1ccccc1)c1ccc(Br)cc1C(F)(F)F. The minimum absolute atomic E-state index is 0.115. The summed E-state index contributed by atoms with van der Waals surface area (Å²) in [6.07, 6.45) is -4.04. The van der Waals surface area contributed by atoms with E-state index >= 15 is 0 Å².